The molecule has 2 aliphatic rings. The summed E-state index contributed by atoms with van der Waals surface area (Å²) in [5.74, 6) is 0.196. The number of hydrogen-bond acceptors (Lipinski definition) is 2. The van der Waals surface area contributed by atoms with Crippen LogP contribution < -0.4 is 15.5 Å². The Kier molecular flexibility index (Phi) is 4.89. The molecule has 1 aliphatic carbocycles. The smallest absolute Gasteiger partial charge is 0.227 e. The number of anilines is 2. The molecule has 0 spiro atoms. The third kappa shape index (κ3) is 3.58. The summed E-state index contributed by atoms with van der Waals surface area (Å²) in [6.45, 7) is 0.795. The number of thiocarbonyl (C=S) groups is 1. The molecule has 0 aromatic heterocycles. The number of hydrogen-bond donors (Lipinski definition) is 2. The Hall–Kier alpha value is -2.40. The lowest BCUT2D eigenvalue weighted by molar-refractivity contribution is -0.117. The topological polar surface area (TPSA) is 44.4 Å². The van der Waals surface area contributed by atoms with Crippen molar-refractivity contribution in [3.8, 4) is 0 Å². The molecule has 1 amide bonds. The molecule has 4 nitrogen and oxygen atoms in total. The van der Waals surface area contributed by atoms with E-state index in [-0.39, 0.29) is 11.9 Å². The molecule has 0 unspecified atom stereocenters. The molecule has 26 heavy (non-hydrogen) atoms. The van der Waals surface area contributed by atoms with Crippen LogP contribution in [-0.2, 0) is 11.2 Å². The summed E-state index contributed by atoms with van der Waals surface area (Å²) in [6.07, 6.45) is 4.96. The summed E-state index contributed by atoms with van der Waals surface area (Å²) in [6, 6.07) is 16.7. The largest absolute Gasteiger partial charge is 0.356 e. The van der Waals surface area contributed by atoms with Crippen LogP contribution in [0.2, 0.25) is 0 Å². The summed E-state index contributed by atoms with van der Waals surface area (Å²) >= 11 is 5.54. The average Bonchev–Trinajstić information content (AvgIpc) is 3.08. The summed E-state index contributed by atoms with van der Waals surface area (Å²) in [5.41, 5.74) is 4.60. The summed E-state index contributed by atoms with van der Waals surface area (Å²) in [7, 11) is 0. The Morgan fingerprint density at radius 2 is 1.96 bits per heavy atom. The molecule has 1 heterocycles. The summed E-state index contributed by atoms with van der Waals surface area (Å²) in [5, 5.41) is 7.36. The second-order valence-electron chi connectivity index (χ2n) is 6.94. The van der Waals surface area contributed by atoms with Gasteiger partial charge in [0.2, 0.25) is 5.91 Å². The first-order valence-corrected chi connectivity index (χ1v) is 9.67. The van der Waals surface area contributed by atoms with Crippen molar-refractivity contribution in [3.63, 3.8) is 0 Å². The third-order valence-corrected chi connectivity index (χ3v) is 5.38. The Bertz CT molecular complexity index is 836. The molecule has 0 saturated carbocycles. The number of nitrogens with zero attached hydrogens (tertiary/aromatic N) is 1. The molecule has 1 fully saturated rings. The minimum absolute atomic E-state index is 0.196. The van der Waals surface area contributed by atoms with Crippen LogP contribution in [0, 0.1) is 0 Å². The van der Waals surface area contributed by atoms with Gasteiger partial charge in [0.25, 0.3) is 0 Å². The molecule has 5 heteroatoms. The molecule has 2 N–H and O–H groups in total. The predicted octanol–water partition coefficient (Wildman–Crippen LogP) is 4.18. The Morgan fingerprint density at radius 3 is 2.81 bits per heavy atom. The maximum absolute atomic E-state index is 12.0. The minimum atomic E-state index is 0.196. The fourth-order valence-corrected chi connectivity index (χ4v) is 4.16. The van der Waals surface area contributed by atoms with E-state index in [0.717, 1.165) is 37.2 Å². The molecular weight excluding hydrogens is 342 g/mol. The van der Waals surface area contributed by atoms with E-state index in [4.69, 9.17) is 12.2 Å². The lowest BCUT2D eigenvalue weighted by Gasteiger charge is -2.27. The van der Waals surface area contributed by atoms with Gasteiger partial charge < -0.3 is 15.5 Å². The molecule has 0 radical (unpaired) electrons. The van der Waals surface area contributed by atoms with Crippen molar-refractivity contribution < 1.29 is 4.79 Å². The van der Waals surface area contributed by atoms with Gasteiger partial charge >= 0.3 is 0 Å². The first-order chi connectivity index (χ1) is 12.7. The van der Waals surface area contributed by atoms with E-state index in [1.165, 1.54) is 17.5 Å². The first kappa shape index (κ1) is 17.0. The van der Waals surface area contributed by atoms with Crippen molar-refractivity contribution in [2.75, 3.05) is 16.8 Å². The number of rotatable bonds is 3. The van der Waals surface area contributed by atoms with Gasteiger partial charge in [-0.15, -0.1) is 0 Å². The van der Waals surface area contributed by atoms with E-state index in [1.54, 1.807) is 0 Å². The minimum Gasteiger partial charge on any atom is -0.356 e. The van der Waals surface area contributed by atoms with Crippen LogP contribution in [0.25, 0.3) is 0 Å². The number of fused-ring (bicyclic) bond motifs is 1. The molecule has 4 rings (SSSR count). The van der Waals surface area contributed by atoms with Crippen LogP contribution in [0.5, 0.6) is 0 Å². The van der Waals surface area contributed by atoms with Crippen molar-refractivity contribution in [1.29, 1.82) is 0 Å². The van der Waals surface area contributed by atoms with E-state index < -0.39 is 0 Å². The van der Waals surface area contributed by atoms with E-state index >= 15 is 0 Å². The van der Waals surface area contributed by atoms with E-state index in [0.29, 0.717) is 11.5 Å². The third-order valence-electron chi connectivity index (χ3n) is 5.16. The zero-order chi connectivity index (χ0) is 17.9. The van der Waals surface area contributed by atoms with Gasteiger partial charge in [-0.1, -0.05) is 30.3 Å². The molecule has 1 saturated heterocycles. The van der Waals surface area contributed by atoms with Crippen LogP contribution in [0.3, 0.4) is 0 Å². The van der Waals surface area contributed by atoms with Gasteiger partial charge in [-0.05, 0) is 67.2 Å². The van der Waals surface area contributed by atoms with Gasteiger partial charge in [0.1, 0.15) is 0 Å². The Balaban J connectivity index is 1.44. The summed E-state index contributed by atoms with van der Waals surface area (Å²) in [4.78, 5) is 13.8. The van der Waals surface area contributed by atoms with Gasteiger partial charge in [-0.3, -0.25) is 4.79 Å². The number of amides is 1. The highest BCUT2D eigenvalue weighted by Crippen LogP contribution is 2.29. The molecular formula is C21H23N3OS. The van der Waals surface area contributed by atoms with Crippen molar-refractivity contribution in [3.05, 3.63) is 59.7 Å². The van der Waals surface area contributed by atoms with E-state index in [2.05, 4.69) is 34.9 Å². The maximum Gasteiger partial charge on any atom is 0.227 e. The zero-order valence-corrected chi connectivity index (χ0v) is 15.5. The Labute approximate surface area is 159 Å². The van der Waals surface area contributed by atoms with Gasteiger partial charge in [0.05, 0.1) is 6.04 Å². The van der Waals surface area contributed by atoms with E-state index in [9.17, 15) is 4.79 Å². The average molecular weight is 366 g/mol. The molecule has 134 valence electrons. The molecule has 1 atom stereocenters. The fourth-order valence-electron chi connectivity index (χ4n) is 3.90. The zero-order valence-electron chi connectivity index (χ0n) is 14.7. The lowest BCUT2D eigenvalue weighted by Crippen LogP contribution is -2.34. The number of benzene rings is 2. The highest BCUT2D eigenvalue weighted by molar-refractivity contribution is 7.80. The fraction of sp³-hybridized carbons (Fsp3) is 0.333. The summed E-state index contributed by atoms with van der Waals surface area (Å²) < 4.78 is 0. The van der Waals surface area contributed by atoms with Crippen LogP contribution in [0.4, 0.5) is 11.4 Å². The second-order valence-corrected chi connectivity index (χ2v) is 7.35. The number of nitrogens with one attached hydrogen (secondary N) is 2. The van der Waals surface area contributed by atoms with Crippen LogP contribution in [0.15, 0.2) is 48.5 Å². The highest BCUT2D eigenvalue weighted by atomic mass is 32.1. The molecule has 2 aromatic rings. The Morgan fingerprint density at radius 1 is 1.08 bits per heavy atom. The maximum atomic E-state index is 12.0. The standard InChI is InChI=1S/C21H23N3OS/c25-20-12-5-13-24(20)17-9-4-8-16(14-17)22-21(26)23-19-11-3-7-15-6-1-2-10-18(15)19/h1-2,4,6,8-10,14,19H,3,5,7,11-13H2,(H2,22,23,26)/t19-/m1/s1. The van der Waals surface area contributed by atoms with Crippen molar-refractivity contribution in [2.45, 2.75) is 38.1 Å². The highest BCUT2D eigenvalue weighted by Gasteiger charge is 2.22. The van der Waals surface area contributed by atoms with Gasteiger partial charge in [0, 0.05) is 24.3 Å². The van der Waals surface area contributed by atoms with Gasteiger partial charge in [0.15, 0.2) is 5.11 Å². The number of aryl methyl sites for hydroxylation is 1. The lowest BCUT2D eigenvalue weighted by atomic mass is 9.88. The normalized spacial score (nSPS) is 19.2. The van der Waals surface area contributed by atoms with Gasteiger partial charge in [-0.25, -0.2) is 0 Å². The molecule has 1 aliphatic heterocycles. The quantitative estimate of drug-likeness (QED) is 0.801. The van der Waals surface area contributed by atoms with Crippen molar-refractivity contribution in [1.82, 2.24) is 5.32 Å². The van der Waals surface area contributed by atoms with Gasteiger partial charge in [-0.2, -0.15) is 0 Å². The van der Waals surface area contributed by atoms with Crippen LogP contribution in [-0.4, -0.2) is 17.6 Å². The predicted molar refractivity (Wildman–Crippen MR) is 110 cm³/mol. The second kappa shape index (κ2) is 7.46. The number of carbonyl (C=O) groups excluding carboxylic acids is 1. The monoisotopic (exact) mass is 365 g/mol. The van der Waals surface area contributed by atoms with Crippen LogP contribution in [0.1, 0.15) is 42.9 Å². The number of carbonyl (C=O) groups is 1. The molecule has 0 bridgehead atoms. The van der Waals surface area contributed by atoms with E-state index in [1.807, 2.05) is 29.2 Å². The van der Waals surface area contributed by atoms with Crippen molar-refractivity contribution >= 4 is 34.6 Å². The SMILES string of the molecule is O=C1CCCN1c1cccc(NC(=S)N[C@@H]2CCCc3ccccc32)c1. The van der Waals surface area contributed by atoms with Crippen molar-refractivity contribution in [2.24, 2.45) is 0 Å². The molecule has 2 aromatic carbocycles. The first-order valence-electron chi connectivity index (χ1n) is 9.26. The van der Waals surface area contributed by atoms with Crippen LogP contribution >= 0.6 is 12.2 Å².